The Kier molecular flexibility index (Phi) is 3.10. The number of hydrogen-bond donors (Lipinski definition) is 0. The van der Waals surface area contributed by atoms with Crippen LogP contribution in [0.1, 0.15) is 5.69 Å². The summed E-state index contributed by atoms with van der Waals surface area (Å²) in [5, 5.41) is 0. The van der Waals surface area contributed by atoms with Crippen molar-refractivity contribution in [3.8, 4) is 5.75 Å². The first-order chi connectivity index (χ1) is 8.56. The molecule has 0 saturated heterocycles. The minimum absolute atomic E-state index is 0.133. The first-order valence-electron chi connectivity index (χ1n) is 5.28. The SMILES string of the molecule is Cc1nc2ccc(F)c(OCC=O)c2n(C)c1=O. The second kappa shape index (κ2) is 4.56. The van der Waals surface area contributed by atoms with Gasteiger partial charge in [0.2, 0.25) is 0 Å². The van der Waals surface area contributed by atoms with Gasteiger partial charge in [-0.15, -0.1) is 0 Å². The summed E-state index contributed by atoms with van der Waals surface area (Å²) in [7, 11) is 1.51. The molecule has 2 aromatic rings. The minimum Gasteiger partial charge on any atom is -0.481 e. The lowest BCUT2D eigenvalue weighted by Crippen LogP contribution is -2.22. The van der Waals surface area contributed by atoms with E-state index in [0.717, 1.165) is 0 Å². The van der Waals surface area contributed by atoms with E-state index in [4.69, 9.17) is 4.74 Å². The molecule has 1 aromatic heterocycles. The van der Waals surface area contributed by atoms with E-state index in [9.17, 15) is 14.0 Å². The van der Waals surface area contributed by atoms with E-state index in [1.54, 1.807) is 6.92 Å². The smallest absolute Gasteiger partial charge is 0.272 e. The lowest BCUT2D eigenvalue weighted by atomic mass is 10.2. The van der Waals surface area contributed by atoms with Gasteiger partial charge >= 0.3 is 0 Å². The molecule has 2 rings (SSSR count). The van der Waals surface area contributed by atoms with Crippen LogP contribution in [0.25, 0.3) is 11.0 Å². The third-order valence-electron chi connectivity index (χ3n) is 2.60. The monoisotopic (exact) mass is 250 g/mol. The molecule has 0 saturated carbocycles. The summed E-state index contributed by atoms with van der Waals surface area (Å²) >= 11 is 0. The van der Waals surface area contributed by atoms with E-state index in [1.165, 1.54) is 23.7 Å². The summed E-state index contributed by atoms with van der Waals surface area (Å²) in [6.07, 6.45) is 0.512. The molecule has 0 unspecified atom stereocenters. The largest absolute Gasteiger partial charge is 0.481 e. The number of carbonyl (C=O) groups is 1. The molecule has 6 heteroatoms. The zero-order valence-electron chi connectivity index (χ0n) is 9.94. The van der Waals surface area contributed by atoms with E-state index in [2.05, 4.69) is 4.98 Å². The number of benzene rings is 1. The van der Waals surface area contributed by atoms with Crippen molar-refractivity contribution in [3.63, 3.8) is 0 Å². The number of hydrogen-bond acceptors (Lipinski definition) is 4. The average molecular weight is 250 g/mol. The molecule has 0 atom stereocenters. The number of fused-ring (bicyclic) bond motifs is 1. The van der Waals surface area contributed by atoms with Crippen LogP contribution < -0.4 is 10.3 Å². The van der Waals surface area contributed by atoms with Crippen LogP contribution in [0.3, 0.4) is 0 Å². The molecule has 0 amide bonds. The van der Waals surface area contributed by atoms with Crippen LogP contribution in [0.2, 0.25) is 0 Å². The van der Waals surface area contributed by atoms with Crippen molar-refractivity contribution in [1.29, 1.82) is 0 Å². The molecule has 0 fully saturated rings. The number of aldehydes is 1. The first-order valence-corrected chi connectivity index (χ1v) is 5.28. The van der Waals surface area contributed by atoms with Crippen LogP contribution in [0, 0.1) is 12.7 Å². The van der Waals surface area contributed by atoms with Gasteiger partial charge in [-0.3, -0.25) is 9.59 Å². The number of carbonyl (C=O) groups excluding carboxylic acids is 1. The Morgan fingerprint density at radius 1 is 1.50 bits per heavy atom. The average Bonchev–Trinajstić information content (AvgIpc) is 2.35. The quantitative estimate of drug-likeness (QED) is 0.761. The van der Waals surface area contributed by atoms with Gasteiger partial charge in [0, 0.05) is 7.05 Å². The standard InChI is InChI=1S/C12H11FN2O3/c1-7-12(17)15(2)10-9(14-7)4-3-8(13)11(10)18-6-5-16/h3-5H,6H2,1-2H3. The first kappa shape index (κ1) is 12.2. The molecule has 94 valence electrons. The Hall–Kier alpha value is -2.24. The number of rotatable bonds is 3. The Morgan fingerprint density at radius 3 is 2.89 bits per heavy atom. The molecular formula is C12H11FN2O3. The van der Waals surface area contributed by atoms with E-state index >= 15 is 0 Å². The molecule has 0 bridgehead atoms. The van der Waals surface area contributed by atoms with Crippen LogP contribution in [-0.4, -0.2) is 22.4 Å². The maximum absolute atomic E-state index is 13.7. The summed E-state index contributed by atoms with van der Waals surface area (Å²) in [5.41, 5.74) is 0.673. The molecule has 18 heavy (non-hydrogen) atoms. The Bertz CT molecular complexity index is 679. The maximum Gasteiger partial charge on any atom is 0.272 e. The van der Waals surface area contributed by atoms with Gasteiger partial charge in [0.05, 0.1) is 5.52 Å². The predicted molar refractivity (Wildman–Crippen MR) is 63.2 cm³/mol. The fourth-order valence-corrected chi connectivity index (χ4v) is 1.78. The minimum atomic E-state index is -0.634. The van der Waals surface area contributed by atoms with Gasteiger partial charge in [-0.25, -0.2) is 9.37 Å². The molecule has 1 heterocycles. The molecule has 0 aliphatic rings. The highest BCUT2D eigenvalue weighted by Gasteiger charge is 2.14. The number of halogens is 1. The van der Waals surface area contributed by atoms with Gasteiger partial charge in [-0.1, -0.05) is 0 Å². The third-order valence-corrected chi connectivity index (χ3v) is 2.60. The topological polar surface area (TPSA) is 61.2 Å². The second-order valence-corrected chi connectivity index (χ2v) is 3.78. The molecule has 0 N–H and O–H groups in total. The lowest BCUT2D eigenvalue weighted by molar-refractivity contribution is -0.109. The highest BCUT2D eigenvalue weighted by molar-refractivity contribution is 5.82. The molecule has 0 spiro atoms. The van der Waals surface area contributed by atoms with Crippen LogP contribution in [0.15, 0.2) is 16.9 Å². The van der Waals surface area contributed by atoms with E-state index in [1.807, 2.05) is 0 Å². The molecule has 0 aliphatic carbocycles. The molecule has 0 aliphatic heterocycles. The molecular weight excluding hydrogens is 239 g/mol. The summed E-state index contributed by atoms with van der Waals surface area (Å²) < 4.78 is 20.0. The van der Waals surface area contributed by atoms with Gasteiger partial charge in [-0.2, -0.15) is 0 Å². The van der Waals surface area contributed by atoms with Gasteiger partial charge < -0.3 is 9.30 Å². The van der Waals surface area contributed by atoms with Crippen molar-refractivity contribution in [2.75, 3.05) is 6.61 Å². The Labute approximate surface area is 102 Å². The van der Waals surface area contributed by atoms with Crippen LogP contribution >= 0.6 is 0 Å². The fraction of sp³-hybridized carbons (Fsp3) is 0.250. The number of ether oxygens (including phenoxy) is 1. The Morgan fingerprint density at radius 2 is 2.22 bits per heavy atom. The van der Waals surface area contributed by atoms with Crippen molar-refractivity contribution >= 4 is 17.3 Å². The van der Waals surface area contributed by atoms with E-state index in [0.29, 0.717) is 17.5 Å². The summed E-state index contributed by atoms with van der Waals surface area (Å²) in [6.45, 7) is 1.30. The van der Waals surface area contributed by atoms with Crippen molar-refractivity contribution in [2.45, 2.75) is 6.92 Å². The van der Waals surface area contributed by atoms with E-state index < -0.39 is 5.82 Å². The highest BCUT2D eigenvalue weighted by Crippen LogP contribution is 2.26. The van der Waals surface area contributed by atoms with Crippen molar-refractivity contribution in [1.82, 2.24) is 9.55 Å². The molecule has 0 radical (unpaired) electrons. The maximum atomic E-state index is 13.7. The molecule has 5 nitrogen and oxygen atoms in total. The Balaban J connectivity index is 2.82. The van der Waals surface area contributed by atoms with Gasteiger partial charge in [-0.05, 0) is 19.1 Å². The normalized spacial score (nSPS) is 10.6. The highest BCUT2D eigenvalue weighted by atomic mass is 19.1. The van der Waals surface area contributed by atoms with Crippen molar-refractivity contribution < 1.29 is 13.9 Å². The second-order valence-electron chi connectivity index (χ2n) is 3.78. The third kappa shape index (κ3) is 1.85. The van der Waals surface area contributed by atoms with Gasteiger partial charge in [0.15, 0.2) is 17.9 Å². The summed E-state index contributed by atoms with van der Waals surface area (Å²) in [4.78, 5) is 26.2. The summed E-state index contributed by atoms with van der Waals surface area (Å²) in [6, 6.07) is 2.66. The number of nitrogens with zero attached hydrogens (tertiary/aromatic N) is 2. The summed E-state index contributed by atoms with van der Waals surface area (Å²) in [5.74, 6) is -0.767. The predicted octanol–water partition coefficient (Wildman–Crippen LogP) is 0.959. The molecule has 1 aromatic carbocycles. The number of aryl methyl sites for hydroxylation is 2. The van der Waals surface area contributed by atoms with Crippen LogP contribution in [-0.2, 0) is 11.8 Å². The lowest BCUT2D eigenvalue weighted by Gasteiger charge is -2.11. The van der Waals surface area contributed by atoms with Gasteiger partial charge in [0.1, 0.15) is 17.8 Å². The fourth-order valence-electron chi connectivity index (χ4n) is 1.78. The van der Waals surface area contributed by atoms with E-state index in [-0.39, 0.29) is 23.4 Å². The van der Waals surface area contributed by atoms with Crippen LogP contribution in [0.5, 0.6) is 5.75 Å². The van der Waals surface area contributed by atoms with Gasteiger partial charge in [0.25, 0.3) is 5.56 Å². The number of aromatic nitrogens is 2. The van der Waals surface area contributed by atoms with Crippen molar-refractivity contribution in [3.05, 3.63) is 34.0 Å². The van der Waals surface area contributed by atoms with Crippen LogP contribution in [0.4, 0.5) is 4.39 Å². The zero-order chi connectivity index (χ0) is 13.3. The zero-order valence-corrected chi connectivity index (χ0v) is 9.94. The van der Waals surface area contributed by atoms with Crippen molar-refractivity contribution in [2.24, 2.45) is 7.05 Å².